The van der Waals surface area contributed by atoms with Crippen LogP contribution in [0.4, 0.5) is 0 Å². The van der Waals surface area contributed by atoms with Crippen LogP contribution in [0.2, 0.25) is 0 Å². The highest BCUT2D eigenvalue weighted by molar-refractivity contribution is 9.09. The summed E-state index contributed by atoms with van der Waals surface area (Å²) in [4.78, 5) is 0.314. The molecule has 20 heavy (non-hydrogen) atoms. The van der Waals surface area contributed by atoms with Crippen molar-refractivity contribution in [2.45, 2.75) is 31.5 Å². The summed E-state index contributed by atoms with van der Waals surface area (Å²) in [6, 6.07) is 17.0. The third kappa shape index (κ3) is 4.38. The van der Waals surface area contributed by atoms with E-state index in [0.717, 1.165) is 25.2 Å². The van der Waals surface area contributed by atoms with Gasteiger partial charge in [0.25, 0.3) is 0 Å². The van der Waals surface area contributed by atoms with Crippen molar-refractivity contribution in [3.8, 4) is 5.75 Å². The van der Waals surface area contributed by atoms with Crippen molar-refractivity contribution in [1.29, 1.82) is 0 Å². The summed E-state index contributed by atoms with van der Waals surface area (Å²) in [6.45, 7) is 5.02. The number of aryl methyl sites for hydroxylation is 1. The van der Waals surface area contributed by atoms with Crippen molar-refractivity contribution in [2.24, 2.45) is 0 Å². The average molecular weight is 333 g/mol. The van der Waals surface area contributed by atoms with E-state index in [4.69, 9.17) is 4.74 Å². The van der Waals surface area contributed by atoms with Gasteiger partial charge in [0.15, 0.2) is 0 Å². The third-order valence-electron chi connectivity index (χ3n) is 3.19. The number of ether oxygens (including phenoxy) is 1. The Hall–Kier alpha value is -1.28. The molecule has 0 N–H and O–H groups in total. The van der Waals surface area contributed by atoms with Crippen LogP contribution in [0, 0.1) is 6.92 Å². The topological polar surface area (TPSA) is 9.23 Å². The quantitative estimate of drug-likeness (QED) is 0.638. The van der Waals surface area contributed by atoms with Gasteiger partial charge in [-0.05, 0) is 43.0 Å². The van der Waals surface area contributed by atoms with Crippen molar-refractivity contribution in [3.63, 3.8) is 0 Å². The number of benzene rings is 2. The molecular weight excluding hydrogens is 312 g/mol. The fourth-order valence-corrected chi connectivity index (χ4v) is 2.84. The predicted molar refractivity (Wildman–Crippen MR) is 88.8 cm³/mol. The smallest absolute Gasteiger partial charge is 0.119 e. The lowest BCUT2D eigenvalue weighted by atomic mass is 10.0. The van der Waals surface area contributed by atoms with Gasteiger partial charge in [-0.25, -0.2) is 0 Å². The molecule has 0 spiro atoms. The molecule has 0 saturated carbocycles. The maximum atomic E-state index is 5.69. The van der Waals surface area contributed by atoms with Crippen LogP contribution in [0.1, 0.15) is 34.9 Å². The molecule has 1 unspecified atom stereocenters. The van der Waals surface area contributed by atoms with E-state index in [2.05, 4.69) is 72.2 Å². The van der Waals surface area contributed by atoms with E-state index in [1.807, 2.05) is 6.07 Å². The van der Waals surface area contributed by atoms with E-state index in [9.17, 15) is 0 Å². The van der Waals surface area contributed by atoms with Gasteiger partial charge < -0.3 is 4.74 Å². The Bertz CT molecular complexity index is 551. The van der Waals surface area contributed by atoms with Gasteiger partial charge in [0.05, 0.1) is 6.61 Å². The molecule has 2 aromatic rings. The van der Waals surface area contributed by atoms with Crippen LogP contribution in [-0.2, 0) is 6.42 Å². The van der Waals surface area contributed by atoms with Crippen molar-refractivity contribution in [3.05, 3.63) is 65.2 Å². The molecule has 0 radical (unpaired) electrons. The first-order valence-corrected chi connectivity index (χ1v) is 8.03. The minimum absolute atomic E-state index is 0.314. The zero-order valence-corrected chi connectivity index (χ0v) is 13.7. The molecule has 106 valence electrons. The van der Waals surface area contributed by atoms with E-state index in [1.165, 1.54) is 16.7 Å². The molecule has 0 saturated heterocycles. The molecule has 0 aliphatic rings. The Labute approximate surface area is 130 Å². The van der Waals surface area contributed by atoms with Crippen molar-refractivity contribution in [2.75, 3.05) is 6.61 Å². The van der Waals surface area contributed by atoms with E-state index >= 15 is 0 Å². The monoisotopic (exact) mass is 332 g/mol. The third-order valence-corrected chi connectivity index (χ3v) is 4.04. The van der Waals surface area contributed by atoms with Gasteiger partial charge in [-0.1, -0.05) is 64.8 Å². The summed E-state index contributed by atoms with van der Waals surface area (Å²) in [5.74, 6) is 0.957. The van der Waals surface area contributed by atoms with Crippen LogP contribution in [0.3, 0.4) is 0 Å². The predicted octanol–water partition coefficient (Wildman–Crippen LogP) is 5.46. The standard InChI is InChI=1S/C18H21BrO/c1-3-10-20-17-9-5-8-16(13-17)18(19)12-15-7-4-6-14(2)11-15/h4-9,11,13,18H,3,10,12H2,1-2H3. The highest BCUT2D eigenvalue weighted by Crippen LogP contribution is 2.29. The van der Waals surface area contributed by atoms with Crippen LogP contribution < -0.4 is 4.74 Å². The second-order valence-corrected chi connectivity index (χ2v) is 6.19. The molecule has 0 heterocycles. The molecule has 0 fully saturated rings. The summed E-state index contributed by atoms with van der Waals surface area (Å²) in [5, 5.41) is 0. The number of alkyl halides is 1. The number of hydrogen-bond acceptors (Lipinski definition) is 1. The summed E-state index contributed by atoms with van der Waals surface area (Å²) in [5.41, 5.74) is 3.93. The maximum Gasteiger partial charge on any atom is 0.119 e. The zero-order chi connectivity index (χ0) is 14.4. The first kappa shape index (κ1) is 15.1. The second kappa shape index (κ2) is 7.49. The molecule has 2 rings (SSSR count). The van der Waals surface area contributed by atoms with Crippen molar-refractivity contribution < 1.29 is 4.74 Å². The van der Waals surface area contributed by atoms with Gasteiger partial charge >= 0.3 is 0 Å². The molecule has 2 aromatic carbocycles. The van der Waals surface area contributed by atoms with Gasteiger partial charge in [-0.2, -0.15) is 0 Å². The van der Waals surface area contributed by atoms with E-state index in [0.29, 0.717) is 4.83 Å². The summed E-state index contributed by atoms with van der Waals surface area (Å²) in [6.07, 6.45) is 2.02. The lowest BCUT2D eigenvalue weighted by molar-refractivity contribution is 0.317. The van der Waals surface area contributed by atoms with Gasteiger partial charge in [0.1, 0.15) is 5.75 Å². The lowest BCUT2D eigenvalue weighted by Crippen LogP contribution is -1.98. The Morgan fingerprint density at radius 2 is 1.90 bits per heavy atom. The van der Waals surface area contributed by atoms with Gasteiger partial charge in [-0.15, -0.1) is 0 Å². The average Bonchev–Trinajstić information content (AvgIpc) is 2.45. The van der Waals surface area contributed by atoms with E-state index in [1.54, 1.807) is 0 Å². The molecule has 0 aromatic heterocycles. The Morgan fingerprint density at radius 1 is 1.10 bits per heavy atom. The lowest BCUT2D eigenvalue weighted by Gasteiger charge is -2.13. The fraction of sp³-hybridized carbons (Fsp3) is 0.333. The maximum absolute atomic E-state index is 5.69. The van der Waals surface area contributed by atoms with Crippen LogP contribution >= 0.6 is 15.9 Å². The normalized spacial score (nSPS) is 12.2. The second-order valence-electron chi connectivity index (χ2n) is 5.08. The van der Waals surface area contributed by atoms with Gasteiger partial charge in [0, 0.05) is 4.83 Å². The van der Waals surface area contributed by atoms with Crippen molar-refractivity contribution in [1.82, 2.24) is 0 Å². The van der Waals surface area contributed by atoms with Crippen LogP contribution in [0.15, 0.2) is 48.5 Å². The van der Waals surface area contributed by atoms with Crippen molar-refractivity contribution >= 4 is 15.9 Å². The SMILES string of the molecule is CCCOc1cccc(C(Br)Cc2cccc(C)c2)c1. The molecule has 0 amide bonds. The summed E-state index contributed by atoms with van der Waals surface area (Å²) >= 11 is 3.79. The summed E-state index contributed by atoms with van der Waals surface area (Å²) in [7, 11) is 0. The molecule has 0 aliphatic heterocycles. The minimum Gasteiger partial charge on any atom is -0.494 e. The van der Waals surface area contributed by atoms with Crippen LogP contribution in [0.5, 0.6) is 5.75 Å². The Morgan fingerprint density at radius 3 is 2.65 bits per heavy atom. The molecule has 0 aliphatic carbocycles. The van der Waals surface area contributed by atoms with Gasteiger partial charge in [-0.3, -0.25) is 0 Å². The highest BCUT2D eigenvalue weighted by atomic mass is 79.9. The van der Waals surface area contributed by atoms with Crippen LogP contribution in [0.25, 0.3) is 0 Å². The minimum atomic E-state index is 0.314. The molecule has 1 atom stereocenters. The first-order chi connectivity index (χ1) is 9.69. The van der Waals surface area contributed by atoms with E-state index < -0.39 is 0 Å². The largest absolute Gasteiger partial charge is 0.494 e. The molecular formula is C18H21BrO. The van der Waals surface area contributed by atoms with Crippen LogP contribution in [-0.4, -0.2) is 6.61 Å². The number of hydrogen-bond donors (Lipinski definition) is 0. The van der Waals surface area contributed by atoms with Gasteiger partial charge in [0.2, 0.25) is 0 Å². The highest BCUT2D eigenvalue weighted by Gasteiger charge is 2.09. The Balaban J connectivity index is 2.06. The number of rotatable bonds is 6. The first-order valence-electron chi connectivity index (χ1n) is 7.11. The zero-order valence-electron chi connectivity index (χ0n) is 12.1. The molecule has 1 nitrogen and oxygen atoms in total. The van der Waals surface area contributed by atoms with E-state index in [-0.39, 0.29) is 0 Å². The fourth-order valence-electron chi connectivity index (χ4n) is 2.18. The molecule has 0 bridgehead atoms. The number of halogens is 1. The summed E-state index contributed by atoms with van der Waals surface area (Å²) < 4.78 is 5.69. The molecule has 2 heteroatoms. The Kier molecular flexibility index (Phi) is 5.66.